The number of fused-ring (bicyclic) bond motifs is 1. The van der Waals surface area contributed by atoms with Crippen molar-refractivity contribution in [2.75, 3.05) is 0 Å². The summed E-state index contributed by atoms with van der Waals surface area (Å²) in [5.41, 5.74) is 7.43. The van der Waals surface area contributed by atoms with E-state index in [0.29, 0.717) is 0 Å². The molecular weight excluding hydrogens is 360 g/mol. The Morgan fingerprint density at radius 1 is 0.800 bits per heavy atom. The monoisotopic (exact) mass is 398 g/mol. The number of hydrogen-bond donors (Lipinski definition) is 0. The number of aryl methyl sites for hydroxylation is 1. The van der Waals surface area contributed by atoms with Gasteiger partial charge in [-0.05, 0) is 117 Å². The molecule has 0 amide bonds. The second-order valence-corrected chi connectivity index (χ2v) is 9.50. The Morgan fingerprint density at radius 2 is 1.57 bits per heavy atom. The van der Waals surface area contributed by atoms with Crippen molar-refractivity contribution < 1.29 is 0 Å². The fourth-order valence-electron chi connectivity index (χ4n) is 5.63. The van der Waals surface area contributed by atoms with E-state index in [9.17, 15) is 0 Å². The molecule has 0 heteroatoms. The predicted molar refractivity (Wildman–Crippen MR) is 131 cm³/mol. The van der Waals surface area contributed by atoms with Gasteiger partial charge in [-0.2, -0.15) is 0 Å². The van der Waals surface area contributed by atoms with Crippen LogP contribution in [0.15, 0.2) is 66.8 Å². The molecule has 0 bridgehead atoms. The van der Waals surface area contributed by atoms with E-state index >= 15 is 0 Å². The Bertz CT molecular complexity index is 859. The van der Waals surface area contributed by atoms with Crippen molar-refractivity contribution >= 4 is 0 Å². The third-order valence-electron chi connectivity index (χ3n) is 7.48. The highest BCUT2D eigenvalue weighted by molar-refractivity contribution is 5.65. The normalized spacial score (nSPS) is 24.4. The molecule has 1 fully saturated rings. The van der Waals surface area contributed by atoms with Crippen LogP contribution < -0.4 is 0 Å². The predicted octanol–water partition coefficient (Wildman–Crippen LogP) is 8.66. The number of hydrogen-bond acceptors (Lipinski definition) is 0. The van der Waals surface area contributed by atoms with Crippen LogP contribution in [0.5, 0.6) is 0 Å². The topological polar surface area (TPSA) is 0 Å². The standard InChI is InChI=1S/C30H38/c1-3-5-6-8-23-9-12-25(13-10-23)26-15-17-27(18-16-26)29-20-19-28-21-24(7-4-2)11-14-30(28)22-29/h3-5,7,15-20,22-25H,6,8-14,21H2,1-2H3/b5-3+,7-4+. The summed E-state index contributed by atoms with van der Waals surface area (Å²) in [6.07, 6.45) is 21.0. The average Bonchev–Trinajstić information content (AvgIpc) is 2.80. The minimum absolute atomic E-state index is 0.728. The van der Waals surface area contributed by atoms with Crippen molar-refractivity contribution in [2.45, 2.75) is 77.6 Å². The molecule has 0 spiro atoms. The second kappa shape index (κ2) is 10.3. The molecule has 0 N–H and O–H groups in total. The molecule has 4 rings (SSSR count). The van der Waals surface area contributed by atoms with Gasteiger partial charge in [-0.3, -0.25) is 0 Å². The van der Waals surface area contributed by atoms with Gasteiger partial charge in [-0.15, -0.1) is 0 Å². The van der Waals surface area contributed by atoms with E-state index in [0.717, 1.165) is 17.8 Å². The van der Waals surface area contributed by atoms with E-state index in [4.69, 9.17) is 0 Å². The van der Waals surface area contributed by atoms with Gasteiger partial charge >= 0.3 is 0 Å². The highest BCUT2D eigenvalue weighted by atomic mass is 14.3. The highest BCUT2D eigenvalue weighted by Gasteiger charge is 2.22. The van der Waals surface area contributed by atoms with Gasteiger partial charge in [0.05, 0.1) is 0 Å². The summed E-state index contributed by atoms with van der Waals surface area (Å²) in [5.74, 6) is 2.44. The van der Waals surface area contributed by atoms with Crippen molar-refractivity contribution in [3.8, 4) is 11.1 Å². The molecule has 158 valence electrons. The smallest absolute Gasteiger partial charge is 0.0162 e. The van der Waals surface area contributed by atoms with Crippen molar-refractivity contribution in [1.82, 2.24) is 0 Å². The van der Waals surface area contributed by atoms with Crippen molar-refractivity contribution in [1.29, 1.82) is 0 Å². The molecule has 2 aromatic rings. The van der Waals surface area contributed by atoms with Crippen LogP contribution in [0.3, 0.4) is 0 Å². The van der Waals surface area contributed by atoms with Gasteiger partial charge in [-0.1, -0.05) is 66.8 Å². The van der Waals surface area contributed by atoms with Gasteiger partial charge in [0.2, 0.25) is 0 Å². The van der Waals surface area contributed by atoms with E-state index in [-0.39, 0.29) is 0 Å². The van der Waals surface area contributed by atoms with Gasteiger partial charge in [0.1, 0.15) is 0 Å². The molecule has 2 aliphatic rings. The number of benzene rings is 2. The molecule has 0 heterocycles. The SMILES string of the molecule is C/C=C/CCC1CCC(c2ccc(-c3ccc4c(c3)CCC(/C=C/C)C4)cc2)CC1. The average molecular weight is 399 g/mol. The zero-order valence-corrected chi connectivity index (χ0v) is 18.9. The van der Waals surface area contributed by atoms with Crippen molar-refractivity contribution in [2.24, 2.45) is 11.8 Å². The maximum absolute atomic E-state index is 2.45. The van der Waals surface area contributed by atoms with Crippen LogP contribution in [0.2, 0.25) is 0 Å². The number of rotatable bonds is 6. The third-order valence-corrected chi connectivity index (χ3v) is 7.48. The van der Waals surface area contributed by atoms with Crippen LogP contribution in [0.4, 0.5) is 0 Å². The minimum atomic E-state index is 0.728. The Balaban J connectivity index is 1.37. The van der Waals surface area contributed by atoms with Gasteiger partial charge in [0.25, 0.3) is 0 Å². The Kier molecular flexibility index (Phi) is 7.26. The van der Waals surface area contributed by atoms with Gasteiger partial charge in [-0.25, -0.2) is 0 Å². The van der Waals surface area contributed by atoms with E-state index in [1.165, 1.54) is 68.9 Å². The summed E-state index contributed by atoms with van der Waals surface area (Å²) in [6, 6.07) is 16.7. The zero-order valence-electron chi connectivity index (χ0n) is 18.9. The Labute approximate surface area is 184 Å². The summed E-state index contributed by atoms with van der Waals surface area (Å²) in [7, 11) is 0. The molecule has 1 unspecified atom stereocenters. The van der Waals surface area contributed by atoms with E-state index in [1.807, 2.05) is 0 Å². The Hall–Kier alpha value is -2.08. The molecule has 0 aromatic heterocycles. The van der Waals surface area contributed by atoms with Crippen LogP contribution in [0.1, 0.15) is 81.4 Å². The molecule has 0 radical (unpaired) electrons. The van der Waals surface area contributed by atoms with Gasteiger partial charge in [0, 0.05) is 0 Å². The molecule has 1 saturated carbocycles. The molecule has 30 heavy (non-hydrogen) atoms. The van der Waals surface area contributed by atoms with E-state index in [2.05, 4.69) is 80.6 Å². The first kappa shape index (κ1) is 21.2. The lowest BCUT2D eigenvalue weighted by atomic mass is 9.77. The van der Waals surface area contributed by atoms with Crippen molar-refractivity contribution in [3.63, 3.8) is 0 Å². The maximum Gasteiger partial charge on any atom is -0.0162 e. The largest absolute Gasteiger partial charge is 0.0917 e. The van der Waals surface area contributed by atoms with Crippen LogP contribution >= 0.6 is 0 Å². The minimum Gasteiger partial charge on any atom is -0.0917 e. The lowest BCUT2D eigenvalue weighted by Crippen LogP contribution is -2.13. The summed E-state index contributed by atoms with van der Waals surface area (Å²) in [5, 5.41) is 0. The third kappa shape index (κ3) is 5.15. The fourth-order valence-corrected chi connectivity index (χ4v) is 5.63. The summed E-state index contributed by atoms with van der Waals surface area (Å²) >= 11 is 0. The molecule has 1 atom stereocenters. The lowest BCUT2D eigenvalue weighted by molar-refractivity contribution is 0.312. The summed E-state index contributed by atoms with van der Waals surface area (Å²) in [4.78, 5) is 0. The van der Waals surface area contributed by atoms with E-state index < -0.39 is 0 Å². The second-order valence-electron chi connectivity index (χ2n) is 9.50. The van der Waals surface area contributed by atoms with Crippen LogP contribution in [-0.4, -0.2) is 0 Å². The first-order valence-electron chi connectivity index (χ1n) is 12.2. The lowest BCUT2D eigenvalue weighted by Gasteiger charge is -2.28. The van der Waals surface area contributed by atoms with Crippen LogP contribution in [0, 0.1) is 11.8 Å². The summed E-state index contributed by atoms with van der Waals surface area (Å²) < 4.78 is 0. The fraction of sp³-hybridized carbons (Fsp3) is 0.467. The quantitative estimate of drug-likeness (QED) is 0.427. The van der Waals surface area contributed by atoms with Crippen molar-refractivity contribution in [3.05, 3.63) is 83.5 Å². The summed E-state index contributed by atoms with van der Waals surface area (Å²) in [6.45, 7) is 4.27. The highest BCUT2D eigenvalue weighted by Crippen LogP contribution is 2.38. The van der Waals surface area contributed by atoms with Gasteiger partial charge < -0.3 is 0 Å². The van der Waals surface area contributed by atoms with E-state index in [1.54, 1.807) is 16.7 Å². The maximum atomic E-state index is 2.45. The first-order valence-corrected chi connectivity index (χ1v) is 12.2. The molecule has 0 nitrogen and oxygen atoms in total. The number of allylic oxidation sites excluding steroid dienone is 4. The molecule has 0 aliphatic heterocycles. The molecular formula is C30H38. The molecule has 0 saturated heterocycles. The van der Waals surface area contributed by atoms with Crippen LogP contribution in [0.25, 0.3) is 11.1 Å². The molecule has 2 aromatic carbocycles. The first-order chi connectivity index (χ1) is 14.8. The van der Waals surface area contributed by atoms with Crippen LogP contribution in [-0.2, 0) is 12.8 Å². The molecule has 2 aliphatic carbocycles. The van der Waals surface area contributed by atoms with Gasteiger partial charge in [0.15, 0.2) is 0 Å². The zero-order chi connectivity index (χ0) is 20.8. The Morgan fingerprint density at radius 3 is 2.30 bits per heavy atom.